The Labute approximate surface area is 84.7 Å². The molecule has 2 N–H and O–H groups in total. The number of hydrogen-bond donors (Lipinski definition) is 2. The van der Waals surface area contributed by atoms with E-state index in [2.05, 4.69) is 12.1 Å². The van der Waals surface area contributed by atoms with Crippen LogP contribution < -0.4 is 0 Å². The highest BCUT2D eigenvalue weighted by atomic mass is 16.4. The molecule has 2 rings (SSSR count). The summed E-state index contributed by atoms with van der Waals surface area (Å²) < 4.78 is 0. The van der Waals surface area contributed by atoms with E-state index in [1.165, 1.54) is 5.56 Å². The molecular weight excluding hydrogens is 175 g/mol. The lowest BCUT2D eigenvalue weighted by molar-refractivity contribution is 0.248. The second-order valence-electron chi connectivity index (χ2n) is 4.10. The molecular formula is C11H15BO2. The van der Waals surface area contributed by atoms with E-state index in [0.717, 1.165) is 19.3 Å². The Balaban J connectivity index is 1.93. The Bertz CT molecular complexity index is 287. The molecule has 0 saturated heterocycles. The molecule has 1 aromatic rings. The van der Waals surface area contributed by atoms with Crippen molar-refractivity contribution in [1.29, 1.82) is 0 Å². The van der Waals surface area contributed by atoms with Crippen LogP contribution in [0.5, 0.6) is 0 Å². The molecule has 2 atom stereocenters. The number of rotatable bonds is 3. The molecule has 14 heavy (non-hydrogen) atoms. The fourth-order valence-electron chi connectivity index (χ4n) is 2.16. The van der Waals surface area contributed by atoms with Gasteiger partial charge >= 0.3 is 7.12 Å². The van der Waals surface area contributed by atoms with E-state index in [0.29, 0.717) is 5.92 Å². The molecule has 74 valence electrons. The molecule has 1 aromatic carbocycles. The van der Waals surface area contributed by atoms with Crippen LogP contribution in [-0.2, 0) is 6.42 Å². The van der Waals surface area contributed by atoms with Crippen LogP contribution in [0.4, 0.5) is 0 Å². The van der Waals surface area contributed by atoms with Crippen LogP contribution in [0.1, 0.15) is 18.4 Å². The molecule has 1 fully saturated rings. The van der Waals surface area contributed by atoms with Crippen molar-refractivity contribution < 1.29 is 10.0 Å². The van der Waals surface area contributed by atoms with Gasteiger partial charge in [-0.3, -0.25) is 0 Å². The maximum atomic E-state index is 9.08. The number of benzene rings is 1. The summed E-state index contributed by atoms with van der Waals surface area (Å²) in [6.07, 6.45) is 3.05. The molecule has 1 aliphatic carbocycles. The standard InChI is InChI=1S/C11H15BO2/c13-12(14)11-7-6-10(11)8-9-4-2-1-3-5-9/h1-5,10-11,13-14H,6-8H2. The van der Waals surface area contributed by atoms with Gasteiger partial charge < -0.3 is 10.0 Å². The van der Waals surface area contributed by atoms with E-state index in [-0.39, 0.29) is 5.82 Å². The Hall–Kier alpha value is -0.795. The molecule has 2 unspecified atom stereocenters. The van der Waals surface area contributed by atoms with E-state index in [4.69, 9.17) is 10.0 Å². The van der Waals surface area contributed by atoms with Gasteiger partial charge in [-0.05, 0) is 23.7 Å². The molecule has 1 aliphatic rings. The van der Waals surface area contributed by atoms with Gasteiger partial charge in [0.2, 0.25) is 0 Å². The molecule has 0 aliphatic heterocycles. The first-order valence-electron chi connectivity index (χ1n) is 5.17. The van der Waals surface area contributed by atoms with Crippen molar-refractivity contribution in [2.75, 3.05) is 0 Å². The van der Waals surface area contributed by atoms with E-state index in [9.17, 15) is 0 Å². The fourth-order valence-corrected chi connectivity index (χ4v) is 2.16. The summed E-state index contributed by atoms with van der Waals surface area (Å²) in [5.74, 6) is 0.549. The van der Waals surface area contributed by atoms with Crippen molar-refractivity contribution in [2.24, 2.45) is 5.92 Å². The van der Waals surface area contributed by atoms with Gasteiger partial charge in [-0.2, -0.15) is 0 Å². The molecule has 0 spiro atoms. The lowest BCUT2D eigenvalue weighted by atomic mass is 9.53. The molecule has 0 amide bonds. The zero-order valence-corrected chi connectivity index (χ0v) is 8.13. The minimum Gasteiger partial charge on any atom is -0.427 e. The molecule has 0 radical (unpaired) electrons. The van der Waals surface area contributed by atoms with Crippen molar-refractivity contribution in [3.8, 4) is 0 Å². The highest BCUT2D eigenvalue weighted by Crippen LogP contribution is 2.42. The zero-order valence-electron chi connectivity index (χ0n) is 8.13. The molecule has 0 bridgehead atoms. The minimum atomic E-state index is -1.13. The Morgan fingerprint density at radius 1 is 1.14 bits per heavy atom. The summed E-state index contributed by atoms with van der Waals surface area (Å²) >= 11 is 0. The van der Waals surface area contributed by atoms with E-state index >= 15 is 0 Å². The van der Waals surface area contributed by atoms with Gasteiger partial charge in [0.1, 0.15) is 0 Å². The van der Waals surface area contributed by atoms with Gasteiger partial charge in [-0.15, -0.1) is 0 Å². The summed E-state index contributed by atoms with van der Waals surface area (Å²) in [5.41, 5.74) is 1.29. The van der Waals surface area contributed by atoms with Gasteiger partial charge in [0.25, 0.3) is 0 Å². The zero-order chi connectivity index (χ0) is 9.97. The van der Waals surface area contributed by atoms with Crippen molar-refractivity contribution in [1.82, 2.24) is 0 Å². The van der Waals surface area contributed by atoms with Crippen molar-refractivity contribution in [3.05, 3.63) is 35.9 Å². The van der Waals surface area contributed by atoms with Gasteiger partial charge in [0.05, 0.1) is 0 Å². The third-order valence-corrected chi connectivity index (χ3v) is 3.20. The maximum absolute atomic E-state index is 9.08. The normalized spacial score (nSPS) is 25.6. The first kappa shape index (κ1) is 9.75. The van der Waals surface area contributed by atoms with Crippen LogP contribution in [-0.4, -0.2) is 17.2 Å². The summed E-state index contributed by atoms with van der Waals surface area (Å²) in [6, 6.07) is 10.2. The van der Waals surface area contributed by atoms with Gasteiger partial charge in [-0.25, -0.2) is 0 Å². The quantitative estimate of drug-likeness (QED) is 0.708. The van der Waals surface area contributed by atoms with Crippen molar-refractivity contribution in [2.45, 2.75) is 25.1 Å². The topological polar surface area (TPSA) is 40.5 Å². The summed E-state index contributed by atoms with van der Waals surface area (Å²) in [7, 11) is -1.13. The molecule has 2 nitrogen and oxygen atoms in total. The molecule has 0 heterocycles. The molecule has 0 aromatic heterocycles. The summed E-state index contributed by atoms with van der Waals surface area (Å²) in [5, 5.41) is 18.2. The van der Waals surface area contributed by atoms with Gasteiger partial charge in [0, 0.05) is 0 Å². The van der Waals surface area contributed by atoms with Crippen LogP contribution in [0.25, 0.3) is 0 Å². The van der Waals surface area contributed by atoms with Crippen molar-refractivity contribution in [3.63, 3.8) is 0 Å². The Morgan fingerprint density at radius 2 is 1.86 bits per heavy atom. The second-order valence-corrected chi connectivity index (χ2v) is 4.10. The molecule has 3 heteroatoms. The first-order chi connectivity index (χ1) is 6.77. The smallest absolute Gasteiger partial charge is 0.427 e. The minimum absolute atomic E-state index is 0.0928. The fraction of sp³-hybridized carbons (Fsp3) is 0.455. The molecule has 1 saturated carbocycles. The van der Waals surface area contributed by atoms with Crippen molar-refractivity contribution >= 4 is 7.12 Å². The number of hydrogen-bond acceptors (Lipinski definition) is 2. The highest BCUT2D eigenvalue weighted by Gasteiger charge is 2.38. The predicted octanol–water partition coefficient (Wildman–Crippen LogP) is 1.48. The first-order valence-corrected chi connectivity index (χ1v) is 5.17. The monoisotopic (exact) mass is 190 g/mol. The van der Waals surface area contributed by atoms with Crippen LogP contribution in [0.3, 0.4) is 0 Å². The van der Waals surface area contributed by atoms with E-state index in [1.54, 1.807) is 0 Å². The lowest BCUT2D eigenvalue weighted by Crippen LogP contribution is -2.35. The summed E-state index contributed by atoms with van der Waals surface area (Å²) in [4.78, 5) is 0. The predicted molar refractivity (Wildman–Crippen MR) is 56.8 cm³/mol. The van der Waals surface area contributed by atoms with E-state index in [1.807, 2.05) is 18.2 Å². The van der Waals surface area contributed by atoms with Gasteiger partial charge in [0.15, 0.2) is 0 Å². The van der Waals surface area contributed by atoms with Crippen LogP contribution in [0, 0.1) is 5.92 Å². The average Bonchev–Trinajstić information content (AvgIpc) is 2.13. The third-order valence-electron chi connectivity index (χ3n) is 3.20. The average molecular weight is 190 g/mol. The van der Waals surface area contributed by atoms with E-state index < -0.39 is 7.12 Å². The van der Waals surface area contributed by atoms with Crippen LogP contribution in [0.2, 0.25) is 5.82 Å². The highest BCUT2D eigenvalue weighted by molar-refractivity contribution is 6.43. The van der Waals surface area contributed by atoms with Crippen LogP contribution in [0.15, 0.2) is 30.3 Å². The van der Waals surface area contributed by atoms with Crippen LogP contribution >= 0.6 is 0 Å². The van der Waals surface area contributed by atoms with Gasteiger partial charge in [-0.1, -0.05) is 43.2 Å². The Morgan fingerprint density at radius 3 is 2.36 bits per heavy atom. The largest absolute Gasteiger partial charge is 0.455 e. The SMILES string of the molecule is OB(O)C1CCC1Cc1ccccc1. The second kappa shape index (κ2) is 4.15. The maximum Gasteiger partial charge on any atom is 0.455 e. The lowest BCUT2D eigenvalue weighted by Gasteiger charge is -2.36. The summed E-state index contributed by atoms with van der Waals surface area (Å²) in [6.45, 7) is 0. The Kier molecular flexibility index (Phi) is 2.89. The third kappa shape index (κ3) is 1.99.